The van der Waals surface area contributed by atoms with Crippen molar-refractivity contribution < 1.29 is 5.11 Å². The summed E-state index contributed by atoms with van der Waals surface area (Å²) >= 11 is 0. The first kappa shape index (κ1) is 15.6. The van der Waals surface area contributed by atoms with Crippen molar-refractivity contribution in [2.45, 2.75) is 19.1 Å². The summed E-state index contributed by atoms with van der Waals surface area (Å²) in [6.07, 6.45) is 0. The number of phenolic OH excluding ortho intramolecular Hbond substituents is 1. The molecule has 0 fully saturated rings. The highest BCUT2D eigenvalue weighted by Gasteiger charge is 2.23. The zero-order valence-corrected chi connectivity index (χ0v) is 14.7. The fourth-order valence-electron chi connectivity index (χ4n) is 2.97. The van der Waals surface area contributed by atoms with E-state index in [0.717, 1.165) is 6.04 Å². The summed E-state index contributed by atoms with van der Waals surface area (Å²) in [5, 5.41) is 10.9. The Morgan fingerprint density at radius 2 is 1.26 bits per heavy atom. The molecule has 0 aromatic heterocycles. The normalized spacial score (nSPS) is 11.4. The summed E-state index contributed by atoms with van der Waals surface area (Å²) in [6.45, 7) is 4.80. The molecular formula is C21H22OSi. The van der Waals surface area contributed by atoms with E-state index in [1.807, 2.05) is 18.2 Å². The van der Waals surface area contributed by atoms with Crippen LogP contribution in [0, 0.1) is 0 Å². The lowest BCUT2D eigenvalue weighted by molar-refractivity contribution is 0.475. The lowest BCUT2D eigenvalue weighted by Gasteiger charge is -2.23. The van der Waals surface area contributed by atoms with Crippen molar-refractivity contribution in [2.24, 2.45) is 0 Å². The van der Waals surface area contributed by atoms with Gasteiger partial charge in [0.15, 0.2) is 0 Å². The second-order valence-electron chi connectivity index (χ2n) is 6.67. The molecule has 0 spiro atoms. The van der Waals surface area contributed by atoms with E-state index in [-0.39, 0.29) is 0 Å². The molecule has 3 rings (SSSR count). The van der Waals surface area contributed by atoms with Gasteiger partial charge in [-0.15, -0.1) is 0 Å². The number of phenols is 1. The van der Waals surface area contributed by atoms with Crippen LogP contribution in [-0.4, -0.2) is 13.2 Å². The van der Waals surface area contributed by atoms with Crippen LogP contribution in [0.15, 0.2) is 78.9 Å². The third-order valence-electron chi connectivity index (χ3n) is 4.36. The van der Waals surface area contributed by atoms with E-state index in [0.29, 0.717) is 5.75 Å². The number of hydrogen-bond donors (Lipinski definition) is 1. The highest BCUT2D eigenvalue weighted by molar-refractivity contribution is 6.89. The first-order valence-electron chi connectivity index (χ1n) is 7.98. The van der Waals surface area contributed by atoms with Gasteiger partial charge in [0, 0.05) is 0 Å². The van der Waals surface area contributed by atoms with Crippen molar-refractivity contribution in [3.8, 4) is 16.9 Å². The molecule has 0 bridgehead atoms. The van der Waals surface area contributed by atoms with Gasteiger partial charge < -0.3 is 5.11 Å². The van der Waals surface area contributed by atoms with Gasteiger partial charge >= 0.3 is 0 Å². The minimum Gasteiger partial charge on any atom is -0.508 e. The molecule has 0 radical (unpaired) electrons. The smallest absolute Gasteiger partial charge is 0.115 e. The number of benzene rings is 3. The number of hydrogen-bond acceptors (Lipinski definition) is 1. The predicted molar refractivity (Wildman–Crippen MR) is 101 cm³/mol. The Morgan fingerprint density at radius 3 is 1.87 bits per heavy atom. The monoisotopic (exact) mass is 318 g/mol. The van der Waals surface area contributed by atoms with Gasteiger partial charge in [-0.05, 0) is 29.3 Å². The topological polar surface area (TPSA) is 20.2 Å². The third-order valence-corrected chi connectivity index (χ3v) is 7.54. The second-order valence-corrected chi connectivity index (χ2v) is 11.4. The molecule has 0 aliphatic heterocycles. The van der Waals surface area contributed by atoms with Gasteiger partial charge in [-0.2, -0.15) is 0 Å². The van der Waals surface area contributed by atoms with Crippen LogP contribution in [0.4, 0.5) is 0 Å². The fraction of sp³-hybridized carbons (Fsp3) is 0.143. The van der Waals surface area contributed by atoms with E-state index >= 15 is 0 Å². The Labute approximate surface area is 139 Å². The molecule has 3 aromatic rings. The van der Waals surface area contributed by atoms with Gasteiger partial charge in [-0.1, -0.05) is 90.6 Å². The number of rotatable bonds is 4. The first-order chi connectivity index (χ1) is 11.0. The lowest BCUT2D eigenvalue weighted by atomic mass is 10.1. The summed E-state index contributed by atoms with van der Waals surface area (Å²) in [6, 6.07) is 28.2. The van der Waals surface area contributed by atoms with Gasteiger partial charge in [0.2, 0.25) is 0 Å². The quantitative estimate of drug-likeness (QED) is 0.688. The Bertz CT molecular complexity index is 759. The molecule has 1 nitrogen and oxygen atoms in total. The fourth-order valence-corrected chi connectivity index (χ4v) is 5.50. The third kappa shape index (κ3) is 3.72. The number of aromatic hydroxyl groups is 1. The van der Waals surface area contributed by atoms with Crippen molar-refractivity contribution in [3.63, 3.8) is 0 Å². The van der Waals surface area contributed by atoms with E-state index in [1.54, 1.807) is 12.1 Å². The molecule has 116 valence electrons. The Balaban J connectivity index is 1.81. The average molecular weight is 318 g/mol. The molecule has 0 heterocycles. The molecule has 3 aromatic carbocycles. The van der Waals surface area contributed by atoms with Crippen molar-refractivity contribution in [1.82, 2.24) is 0 Å². The molecule has 2 heteroatoms. The molecule has 1 N–H and O–H groups in total. The lowest BCUT2D eigenvalue weighted by Crippen LogP contribution is -2.43. The Morgan fingerprint density at radius 1 is 0.696 bits per heavy atom. The highest BCUT2D eigenvalue weighted by atomic mass is 28.3. The van der Waals surface area contributed by atoms with Crippen molar-refractivity contribution in [2.75, 3.05) is 0 Å². The molecule has 0 saturated carbocycles. The van der Waals surface area contributed by atoms with Crippen molar-refractivity contribution in [3.05, 3.63) is 84.4 Å². The Kier molecular flexibility index (Phi) is 4.35. The van der Waals surface area contributed by atoms with Crippen molar-refractivity contribution in [1.29, 1.82) is 0 Å². The zero-order chi connectivity index (χ0) is 16.3. The molecule has 0 amide bonds. The minimum absolute atomic E-state index is 0.334. The van der Waals surface area contributed by atoms with Crippen LogP contribution in [0.5, 0.6) is 5.75 Å². The van der Waals surface area contributed by atoms with Crippen LogP contribution < -0.4 is 5.19 Å². The van der Waals surface area contributed by atoms with E-state index in [4.69, 9.17) is 0 Å². The highest BCUT2D eigenvalue weighted by Crippen LogP contribution is 2.20. The van der Waals surface area contributed by atoms with Crippen LogP contribution in [0.25, 0.3) is 11.1 Å². The maximum Gasteiger partial charge on any atom is 0.115 e. The molecule has 23 heavy (non-hydrogen) atoms. The van der Waals surface area contributed by atoms with Crippen LogP contribution in [0.1, 0.15) is 5.56 Å². The molecule has 0 aliphatic rings. The van der Waals surface area contributed by atoms with Crippen LogP contribution in [0.3, 0.4) is 0 Å². The van der Waals surface area contributed by atoms with Gasteiger partial charge in [0.25, 0.3) is 0 Å². The summed E-state index contributed by atoms with van der Waals surface area (Å²) in [5.74, 6) is 0.334. The van der Waals surface area contributed by atoms with E-state index in [9.17, 15) is 5.11 Å². The minimum atomic E-state index is -1.54. The van der Waals surface area contributed by atoms with Crippen LogP contribution >= 0.6 is 0 Å². The SMILES string of the molecule is C[Si](C)(Cc1ccc(O)cc1)c1ccc(-c2ccccc2)cc1. The zero-order valence-electron chi connectivity index (χ0n) is 13.7. The predicted octanol–water partition coefficient (Wildman–Crippen LogP) is 4.76. The van der Waals surface area contributed by atoms with E-state index < -0.39 is 8.07 Å². The molecule has 0 unspecified atom stereocenters. The summed E-state index contributed by atoms with van der Waals surface area (Å²) < 4.78 is 0. The Hall–Kier alpha value is -2.32. The maximum atomic E-state index is 9.42. The van der Waals surface area contributed by atoms with Gasteiger partial charge in [0.05, 0.1) is 8.07 Å². The summed E-state index contributed by atoms with van der Waals surface area (Å²) in [4.78, 5) is 0. The van der Waals surface area contributed by atoms with Gasteiger partial charge in [-0.25, -0.2) is 0 Å². The molecular weight excluding hydrogens is 296 g/mol. The van der Waals surface area contributed by atoms with Gasteiger partial charge in [-0.3, -0.25) is 0 Å². The summed E-state index contributed by atoms with van der Waals surface area (Å²) in [7, 11) is -1.54. The molecule has 0 aliphatic carbocycles. The summed E-state index contributed by atoms with van der Waals surface area (Å²) in [5.41, 5.74) is 3.83. The molecule has 0 atom stereocenters. The van der Waals surface area contributed by atoms with Gasteiger partial charge in [0.1, 0.15) is 5.75 Å². The molecule has 0 saturated heterocycles. The average Bonchev–Trinajstić information content (AvgIpc) is 2.58. The van der Waals surface area contributed by atoms with Crippen molar-refractivity contribution >= 4 is 13.3 Å². The first-order valence-corrected chi connectivity index (χ1v) is 11.2. The van der Waals surface area contributed by atoms with Crippen LogP contribution in [-0.2, 0) is 6.04 Å². The largest absolute Gasteiger partial charge is 0.508 e. The van der Waals surface area contributed by atoms with E-state index in [1.165, 1.54) is 21.9 Å². The second kappa shape index (κ2) is 6.43. The standard InChI is InChI=1S/C21H22OSi/c1-23(2,16-17-8-12-20(22)13-9-17)21-14-10-19(11-15-21)18-6-4-3-5-7-18/h3-15,22H,16H2,1-2H3. The maximum absolute atomic E-state index is 9.42. The van der Waals surface area contributed by atoms with E-state index in [2.05, 4.69) is 61.6 Å². The van der Waals surface area contributed by atoms with Crippen LogP contribution in [0.2, 0.25) is 13.1 Å².